The minimum atomic E-state index is -0.167. The fourth-order valence-electron chi connectivity index (χ4n) is 3.85. The van der Waals surface area contributed by atoms with Crippen LogP contribution in [-0.2, 0) is 16.0 Å². The predicted molar refractivity (Wildman–Crippen MR) is 114 cm³/mol. The molecule has 0 spiro atoms. The SMILES string of the molecule is O=C(CC(=O)C1CCN(C(=O)c2ccc3c(c2)OCO3)CC1)Cc1ccc(Br)cc1. The van der Waals surface area contributed by atoms with Crippen molar-refractivity contribution >= 4 is 33.4 Å². The van der Waals surface area contributed by atoms with Gasteiger partial charge < -0.3 is 14.4 Å². The molecule has 4 rings (SSSR count). The zero-order valence-electron chi connectivity index (χ0n) is 16.4. The summed E-state index contributed by atoms with van der Waals surface area (Å²) in [6.45, 7) is 1.18. The van der Waals surface area contributed by atoms with Crippen LogP contribution in [0.15, 0.2) is 46.9 Å². The van der Waals surface area contributed by atoms with Gasteiger partial charge in [-0.3, -0.25) is 14.4 Å². The van der Waals surface area contributed by atoms with Gasteiger partial charge in [0, 0.05) is 35.5 Å². The van der Waals surface area contributed by atoms with E-state index in [0.29, 0.717) is 43.0 Å². The van der Waals surface area contributed by atoms with Crippen molar-refractivity contribution in [2.45, 2.75) is 25.7 Å². The summed E-state index contributed by atoms with van der Waals surface area (Å²) in [5.41, 5.74) is 1.45. The largest absolute Gasteiger partial charge is 0.454 e. The monoisotopic (exact) mass is 471 g/mol. The lowest BCUT2D eigenvalue weighted by molar-refractivity contribution is -0.129. The maximum absolute atomic E-state index is 12.8. The first-order valence-electron chi connectivity index (χ1n) is 9.97. The molecule has 2 aliphatic rings. The van der Waals surface area contributed by atoms with Gasteiger partial charge in [-0.2, -0.15) is 0 Å². The number of hydrogen-bond acceptors (Lipinski definition) is 5. The second kappa shape index (κ2) is 9.00. The van der Waals surface area contributed by atoms with Gasteiger partial charge in [0.2, 0.25) is 6.79 Å². The highest BCUT2D eigenvalue weighted by molar-refractivity contribution is 9.10. The summed E-state index contributed by atoms with van der Waals surface area (Å²) in [5.74, 6) is 0.887. The summed E-state index contributed by atoms with van der Waals surface area (Å²) in [6, 6.07) is 12.7. The first-order chi connectivity index (χ1) is 14.5. The number of halogens is 1. The zero-order chi connectivity index (χ0) is 21.1. The second-order valence-electron chi connectivity index (χ2n) is 7.62. The molecule has 2 heterocycles. The number of likely N-dealkylation sites (tertiary alicyclic amines) is 1. The summed E-state index contributed by atoms with van der Waals surface area (Å²) in [5, 5.41) is 0. The smallest absolute Gasteiger partial charge is 0.253 e. The van der Waals surface area contributed by atoms with Gasteiger partial charge in [0.25, 0.3) is 5.91 Å². The van der Waals surface area contributed by atoms with Gasteiger partial charge in [-0.1, -0.05) is 28.1 Å². The molecule has 2 aromatic rings. The van der Waals surface area contributed by atoms with E-state index in [0.717, 1.165) is 10.0 Å². The van der Waals surface area contributed by atoms with Crippen molar-refractivity contribution in [3.05, 3.63) is 58.1 Å². The molecule has 0 atom stereocenters. The first kappa shape index (κ1) is 20.6. The fourth-order valence-corrected chi connectivity index (χ4v) is 4.11. The Balaban J connectivity index is 1.27. The third-order valence-electron chi connectivity index (χ3n) is 5.54. The van der Waals surface area contributed by atoms with E-state index in [2.05, 4.69) is 15.9 Å². The van der Waals surface area contributed by atoms with E-state index >= 15 is 0 Å². The molecular formula is C23H22BrNO5. The second-order valence-corrected chi connectivity index (χ2v) is 8.54. The fraction of sp³-hybridized carbons (Fsp3) is 0.348. The van der Waals surface area contributed by atoms with E-state index < -0.39 is 0 Å². The van der Waals surface area contributed by atoms with Crippen LogP contribution in [0.4, 0.5) is 0 Å². The maximum Gasteiger partial charge on any atom is 0.253 e. The quantitative estimate of drug-likeness (QED) is 0.599. The summed E-state index contributed by atoms with van der Waals surface area (Å²) in [7, 11) is 0. The van der Waals surface area contributed by atoms with Gasteiger partial charge in [-0.25, -0.2) is 0 Å². The molecule has 0 unspecified atom stereocenters. The molecular weight excluding hydrogens is 450 g/mol. The van der Waals surface area contributed by atoms with Crippen LogP contribution >= 0.6 is 15.9 Å². The molecule has 1 amide bonds. The van der Waals surface area contributed by atoms with Crippen LogP contribution in [0.1, 0.15) is 35.2 Å². The van der Waals surface area contributed by atoms with Crippen molar-refractivity contribution in [3.8, 4) is 11.5 Å². The minimum absolute atomic E-state index is 0.0210. The Bertz CT molecular complexity index is 964. The van der Waals surface area contributed by atoms with E-state index in [1.165, 1.54) is 0 Å². The van der Waals surface area contributed by atoms with E-state index in [4.69, 9.17) is 9.47 Å². The number of benzene rings is 2. The number of nitrogens with zero attached hydrogens (tertiary/aromatic N) is 1. The van der Waals surface area contributed by atoms with Gasteiger partial charge in [0.05, 0.1) is 6.42 Å². The molecule has 0 bridgehead atoms. The van der Waals surface area contributed by atoms with Gasteiger partial charge in [0.1, 0.15) is 11.6 Å². The van der Waals surface area contributed by atoms with Crippen molar-refractivity contribution in [3.63, 3.8) is 0 Å². The Morgan fingerprint density at radius 3 is 2.40 bits per heavy atom. The summed E-state index contributed by atoms with van der Waals surface area (Å²) < 4.78 is 11.6. The van der Waals surface area contributed by atoms with Crippen LogP contribution in [0, 0.1) is 5.92 Å². The third kappa shape index (κ3) is 4.73. The molecule has 0 aromatic heterocycles. The van der Waals surface area contributed by atoms with Crippen LogP contribution < -0.4 is 9.47 Å². The number of Topliss-reactive ketones (excluding diaryl/α,β-unsaturated/α-hetero) is 2. The molecule has 2 aliphatic heterocycles. The highest BCUT2D eigenvalue weighted by Gasteiger charge is 2.29. The lowest BCUT2D eigenvalue weighted by Gasteiger charge is -2.31. The maximum atomic E-state index is 12.8. The number of carbonyl (C=O) groups is 3. The standard InChI is InChI=1S/C23H22BrNO5/c24-18-4-1-15(2-5-18)11-19(26)13-20(27)16-7-9-25(10-8-16)23(28)17-3-6-21-22(12-17)30-14-29-21/h1-6,12,16H,7-11,13-14H2. The lowest BCUT2D eigenvalue weighted by Crippen LogP contribution is -2.40. The zero-order valence-corrected chi connectivity index (χ0v) is 18.0. The average Bonchev–Trinajstić information content (AvgIpc) is 3.23. The van der Waals surface area contributed by atoms with Crippen LogP contribution in [0.3, 0.4) is 0 Å². The molecule has 0 radical (unpaired) electrons. The first-order valence-corrected chi connectivity index (χ1v) is 10.8. The van der Waals surface area contributed by atoms with Gasteiger partial charge in [-0.05, 0) is 48.7 Å². The number of rotatable bonds is 6. The Hall–Kier alpha value is -2.67. The molecule has 7 heteroatoms. The molecule has 30 heavy (non-hydrogen) atoms. The topological polar surface area (TPSA) is 72.9 Å². The molecule has 0 saturated carbocycles. The van der Waals surface area contributed by atoms with E-state index in [-0.39, 0.29) is 43.0 Å². The van der Waals surface area contributed by atoms with E-state index in [9.17, 15) is 14.4 Å². The van der Waals surface area contributed by atoms with Crippen LogP contribution in [-0.4, -0.2) is 42.3 Å². The van der Waals surface area contributed by atoms with Crippen LogP contribution in [0.25, 0.3) is 0 Å². The molecule has 0 N–H and O–H groups in total. The van der Waals surface area contributed by atoms with Crippen LogP contribution in [0.5, 0.6) is 11.5 Å². The predicted octanol–water partition coefficient (Wildman–Crippen LogP) is 3.80. The summed E-state index contributed by atoms with van der Waals surface area (Å²) in [4.78, 5) is 39.4. The molecule has 6 nitrogen and oxygen atoms in total. The number of ketones is 2. The Morgan fingerprint density at radius 1 is 0.967 bits per heavy atom. The lowest BCUT2D eigenvalue weighted by atomic mass is 9.89. The number of hydrogen-bond donors (Lipinski definition) is 0. The molecule has 1 fully saturated rings. The van der Waals surface area contributed by atoms with Crippen molar-refractivity contribution in [1.29, 1.82) is 0 Å². The van der Waals surface area contributed by atoms with Crippen molar-refractivity contribution in [2.75, 3.05) is 19.9 Å². The van der Waals surface area contributed by atoms with Crippen molar-refractivity contribution in [2.24, 2.45) is 5.92 Å². The summed E-state index contributed by atoms with van der Waals surface area (Å²) in [6.07, 6.45) is 1.39. The Labute approximate surface area is 183 Å². The van der Waals surface area contributed by atoms with Gasteiger partial charge >= 0.3 is 0 Å². The highest BCUT2D eigenvalue weighted by Crippen LogP contribution is 2.33. The molecule has 1 saturated heterocycles. The number of ether oxygens (including phenoxy) is 2. The van der Waals surface area contributed by atoms with Crippen molar-refractivity contribution < 1.29 is 23.9 Å². The molecule has 156 valence electrons. The number of piperidine rings is 1. The van der Waals surface area contributed by atoms with Gasteiger partial charge in [0.15, 0.2) is 11.5 Å². The number of amides is 1. The van der Waals surface area contributed by atoms with Crippen LogP contribution in [0.2, 0.25) is 0 Å². The number of fused-ring (bicyclic) bond motifs is 1. The Kier molecular flexibility index (Phi) is 6.18. The van der Waals surface area contributed by atoms with E-state index in [1.54, 1.807) is 23.1 Å². The van der Waals surface area contributed by atoms with Crippen molar-refractivity contribution in [1.82, 2.24) is 4.90 Å². The highest BCUT2D eigenvalue weighted by atomic mass is 79.9. The van der Waals surface area contributed by atoms with Gasteiger partial charge in [-0.15, -0.1) is 0 Å². The summed E-state index contributed by atoms with van der Waals surface area (Å²) >= 11 is 3.37. The molecule has 2 aromatic carbocycles. The normalized spacial score (nSPS) is 15.8. The average molecular weight is 472 g/mol. The minimum Gasteiger partial charge on any atom is -0.454 e. The molecule has 0 aliphatic carbocycles. The number of carbonyl (C=O) groups excluding carboxylic acids is 3. The Morgan fingerprint density at radius 2 is 1.67 bits per heavy atom. The van der Waals surface area contributed by atoms with E-state index in [1.807, 2.05) is 24.3 Å². The third-order valence-corrected chi connectivity index (χ3v) is 6.07.